The van der Waals surface area contributed by atoms with Gasteiger partial charge in [-0.1, -0.05) is 73.5 Å². The molecule has 0 amide bonds. The highest BCUT2D eigenvalue weighted by Gasteiger charge is 2.21. The normalized spacial score (nSPS) is 14.8. The maximum Gasteiger partial charge on any atom is -0.0234 e. The standard InChI is InChI=1S/C17H34/c1-9-16(5,6)12-11-14(3)15(4)13-17(7,8)10-2/h14H,4,9-13H2,1-3,5-8H3. The zero-order valence-corrected chi connectivity index (χ0v) is 13.3. The molecule has 0 saturated carbocycles. The van der Waals surface area contributed by atoms with E-state index in [4.69, 9.17) is 0 Å². The van der Waals surface area contributed by atoms with Gasteiger partial charge in [0.15, 0.2) is 0 Å². The second-order valence-electron chi connectivity index (χ2n) is 7.31. The zero-order chi connectivity index (χ0) is 13.7. The van der Waals surface area contributed by atoms with Crippen LogP contribution in [0.25, 0.3) is 0 Å². The average Bonchev–Trinajstić information content (AvgIpc) is 2.25. The predicted molar refractivity (Wildman–Crippen MR) is 80.3 cm³/mol. The highest BCUT2D eigenvalue weighted by molar-refractivity contribution is 5.02. The van der Waals surface area contributed by atoms with Gasteiger partial charge in [-0.15, -0.1) is 0 Å². The van der Waals surface area contributed by atoms with Crippen LogP contribution in [0.4, 0.5) is 0 Å². The predicted octanol–water partition coefficient (Wildman–Crippen LogP) is 6.22. The van der Waals surface area contributed by atoms with Crippen molar-refractivity contribution in [1.29, 1.82) is 0 Å². The number of hydrogen-bond acceptors (Lipinski definition) is 0. The lowest BCUT2D eigenvalue weighted by molar-refractivity contribution is 0.286. The molecule has 1 atom stereocenters. The van der Waals surface area contributed by atoms with Crippen LogP contribution in [0, 0.1) is 16.7 Å². The van der Waals surface area contributed by atoms with Crippen LogP contribution < -0.4 is 0 Å². The maximum absolute atomic E-state index is 4.31. The number of rotatable bonds is 8. The molecule has 0 nitrogen and oxygen atoms in total. The van der Waals surface area contributed by atoms with E-state index in [1.807, 2.05) is 0 Å². The van der Waals surface area contributed by atoms with Crippen molar-refractivity contribution in [2.45, 2.75) is 80.6 Å². The summed E-state index contributed by atoms with van der Waals surface area (Å²) < 4.78 is 0. The number of hydrogen-bond donors (Lipinski definition) is 0. The van der Waals surface area contributed by atoms with Crippen LogP contribution in [0.5, 0.6) is 0 Å². The van der Waals surface area contributed by atoms with Gasteiger partial charge in [0.25, 0.3) is 0 Å². The van der Waals surface area contributed by atoms with E-state index >= 15 is 0 Å². The average molecular weight is 238 g/mol. The van der Waals surface area contributed by atoms with Gasteiger partial charge in [-0.25, -0.2) is 0 Å². The Labute approximate surface area is 110 Å². The Bertz CT molecular complexity index is 232. The molecule has 0 aromatic heterocycles. The molecule has 0 aliphatic heterocycles. The lowest BCUT2D eigenvalue weighted by Gasteiger charge is -2.29. The fraction of sp³-hybridized carbons (Fsp3) is 0.882. The van der Waals surface area contributed by atoms with E-state index in [1.54, 1.807) is 0 Å². The van der Waals surface area contributed by atoms with E-state index < -0.39 is 0 Å². The van der Waals surface area contributed by atoms with E-state index in [0.29, 0.717) is 16.7 Å². The topological polar surface area (TPSA) is 0 Å². The zero-order valence-electron chi connectivity index (χ0n) is 13.3. The van der Waals surface area contributed by atoms with Crippen molar-refractivity contribution in [2.75, 3.05) is 0 Å². The van der Waals surface area contributed by atoms with Gasteiger partial charge in [-0.3, -0.25) is 0 Å². The van der Waals surface area contributed by atoms with Gasteiger partial charge in [0.05, 0.1) is 0 Å². The van der Waals surface area contributed by atoms with Crippen LogP contribution in [0.1, 0.15) is 80.6 Å². The molecule has 0 rings (SSSR count). The van der Waals surface area contributed by atoms with Crippen molar-refractivity contribution in [3.63, 3.8) is 0 Å². The molecular formula is C17H34. The van der Waals surface area contributed by atoms with E-state index in [0.717, 1.165) is 0 Å². The summed E-state index contributed by atoms with van der Waals surface area (Å²) in [6.45, 7) is 20.7. The van der Waals surface area contributed by atoms with Gasteiger partial charge in [0, 0.05) is 0 Å². The van der Waals surface area contributed by atoms with Crippen LogP contribution >= 0.6 is 0 Å². The molecule has 0 fully saturated rings. The summed E-state index contributed by atoms with van der Waals surface area (Å²) in [5.41, 5.74) is 2.37. The summed E-state index contributed by atoms with van der Waals surface area (Å²) in [4.78, 5) is 0. The largest absolute Gasteiger partial charge is 0.0996 e. The van der Waals surface area contributed by atoms with Crippen LogP contribution in [0.15, 0.2) is 12.2 Å². The van der Waals surface area contributed by atoms with Crippen molar-refractivity contribution in [3.8, 4) is 0 Å². The Morgan fingerprint density at radius 3 is 1.88 bits per heavy atom. The minimum atomic E-state index is 0.422. The first-order valence-electron chi connectivity index (χ1n) is 7.31. The summed E-state index contributed by atoms with van der Waals surface area (Å²) in [6.07, 6.45) is 6.29. The molecule has 0 aromatic carbocycles. The van der Waals surface area contributed by atoms with E-state index in [-0.39, 0.29) is 0 Å². The van der Waals surface area contributed by atoms with Gasteiger partial charge in [0.1, 0.15) is 0 Å². The Morgan fingerprint density at radius 1 is 1.00 bits per heavy atom. The Hall–Kier alpha value is -0.260. The first kappa shape index (κ1) is 16.7. The highest BCUT2D eigenvalue weighted by Crippen LogP contribution is 2.35. The SMILES string of the molecule is C=C(CC(C)(C)CC)C(C)CCC(C)(C)CC. The van der Waals surface area contributed by atoms with Crippen LogP contribution in [-0.2, 0) is 0 Å². The minimum Gasteiger partial charge on any atom is -0.0996 e. The molecule has 0 radical (unpaired) electrons. The summed E-state index contributed by atoms with van der Waals surface area (Å²) in [5, 5.41) is 0. The Balaban J connectivity index is 4.16. The molecule has 1 unspecified atom stereocenters. The summed E-state index contributed by atoms with van der Waals surface area (Å²) in [6, 6.07) is 0. The molecule has 0 aromatic rings. The van der Waals surface area contributed by atoms with Gasteiger partial charge >= 0.3 is 0 Å². The third kappa shape index (κ3) is 6.91. The first-order valence-corrected chi connectivity index (χ1v) is 7.31. The summed E-state index contributed by atoms with van der Waals surface area (Å²) in [5.74, 6) is 0.673. The van der Waals surface area contributed by atoms with E-state index in [2.05, 4.69) is 55.0 Å². The Morgan fingerprint density at radius 2 is 1.47 bits per heavy atom. The third-order valence-electron chi connectivity index (χ3n) is 4.57. The molecule has 0 saturated heterocycles. The van der Waals surface area contributed by atoms with Crippen LogP contribution in [0.3, 0.4) is 0 Å². The molecule has 0 aliphatic rings. The van der Waals surface area contributed by atoms with Crippen molar-refractivity contribution >= 4 is 0 Å². The fourth-order valence-corrected chi connectivity index (χ4v) is 1.90. The van der Waals surface area contributed by atoms with Crippen LogP contribution in [-0.4, -0.2) is 0 Å². The number of allylic oxidation sites excluding steroid dienone is 1. The second kappa shape index (κ2) is 6.61. The van der Waals surface area contributed by atoms with Gasteiger partial charge in [0.2, 0.25) is 0 Å². The molecule has 0 spiro atoms. The fourth-order valence-electron chi connectivity index (χ4n) is 1.90. The van der Waals surface area contributed by atoms with Gasteiger partial charge < -0.3 is 0 Å². The second-order valence-corrected chi connectivity index (χ2v) is 7.31. The molecule has 0 bridgehead atoms. The monoisotopic (exact) mass is 238 g/mol. The van der Waals surface area contributed by atoms with Gasteiger partial charge in [-0.05, 0) is 36.0 Å². The smallest absolute Gasteiger partial charge is 0.0234 e. The first-order chi connectivity index (χ1) is 7.63. The van der Waals surface area contributed by atoms with Gasteiger partial charge in [-0.2, -0.15) is 0 Å². The molecule has 0 heteroatoms. The lowest BCUT2D eigenvalue weighted by atomic mass is 9.77. The van der Waals surface area contributed by atoms with Crippen LogP contribution in [0.2, 0.25) is 0 Å². The molecular weight excluding hydrogens is 204 g/mol. The van der Waals surface area contributed by atoms with Crippen molar-refractivity contribution < 1.29 is 0 Å². The third-order valence-corrected chi connectivity index (χ3v) is 4.57. The van der Waals surface area contributed by atoms with Crippen molar-refractivity contribution in [2.24, 2.45) is 16.7 Å². The molecule has 0 heterocycles. The quantitative estimate of drug-likeness (QED) is 0.440. The van der Waals surface area contributed by atoms with E-state index in [9.17, 15) is 0 Å². The summed E-state index contributed by atoms with van der Waals surface area (Å²) in [7, 11) is 0. The molecule has 17 heavy (non-hydrogen) atoms. The summed E-state index contributed by atoms with van der Waals surface area (Å²) >= 11 is 0. The van der Waals surface area contributed by atoms with E-state index in [1.165, 1.54) is 37.7 Å². The minimum absolute atomic E-state index is 0.422. The Kier molecular flexibility index (Phi) is 6.51. The molecule has 0 N–H and O–H groups in total. The molecule has 102 valence electrons. The van der Waals surface area contributed by atoms with Crippen molar-refractivity contribution in [1.82, 2.24) is 0 Å². The maximum atomic E-state index is 4.31. The molecule has 0 aliphatic carbocycles. The van der Waals surface area contributed by atoms with Crippen molar-refractivity contribution in [3.05, 3.63) is 12.2 Å². The lowest BCUT2D eigenvalue weighted by Crippen LogP contribution is -2.16. The highest BCUT2D eigenvalue weighted by atomic mass is 14.3.